The molecule has 0 radical (unpaired) electrons. The summed E-state index contributed by atoms with van der Waals surface area (Å²) in [5.41, 5.74) is 2.25. The summed E-state index contributed by atoms with van der Waals surface area (Å²) in [6, 6.07) is 23.3. The lowest BCUT2D eigenvalue weighted by Gasteiger charge is -2.03. The highest BCUT2D eigenvalue weighted by atomic mass is 35.5. The second kappa shape index (κ2) is 9.65. The van der Waals surface area contributed by atoms with Crippen LogP contribution in [0, 0.1) is 10.1 Å². The predicted octanol–water partition coefficient (Wildman–Crippen LogP) is 5.27. The van der Waals surface area contributed by atoms with Gasteiger partial charge in [-0.05, 0) is 42.5 Å². The van der Waals surface area contributed by atoms with E-state index < -0.39 is 12.2 Å². The zero-order chi connectivity index (χ0) is 23.3. The summed E-state index contributed by atoms with van der Waals surface area (Å²) in [6.07, 6.45) is 0. The Morgan fingerprint density at radius 2 is 1.56 bits per heavy atom. The molecule has 164 valence electrons. The van der Waals surface area contributed by atoms with Gasteiger partial charge in [-0.3, -0.25) is 10.1 Å². The molecule has 0 aliphatic heterocycles. The van der Waals surface area contributed by atoms with Crippen molar-refractivity contribution < 1.29 is 31.6 Å². The number of nitro groups is 1. The van der Waals surface area contributed by atoms with Crippen molar-refractivity contribution in [1.29, 1.82) is 0 Å². The maximum atomic E-state index is 11.0. The number of para-hydroxylation sites is 1. The van der Waals surface area contributed by atoms with E-state index >= 15 is 0 Å². The van der Waals surface area contributed by atoms with E-state index in [1.54, 1.807) is 24.3 Å². The van der Waals surface area contributed by atoms with Crippen LogP contribution in [0.4, 0.5) is 28.6 Å². The first-order valence-electron chi connectivity index (χ1n) is 9.11. The molecule has 0 fully saturated rings. The molecule has 0 saturated carbocycles. The van der Waals surface area contributed by atoms with E-state index in [1.165, 1.54) is 12.1 Å². The molecule has 11 heteroatoms. The molecule has 0 unspecified atom stereocenters. The molecular weight excluding hydrogens is 450 g/mol. The second-order valence-electron chi connectivity index (χ2n) is 6.45. The van der Waals surface area contributed by atoms with Crippen molar-refractivity contribution in [3.63, 3.8) is 0 Å². The molecule has 4 aromatic rings. The van der Waals surface area contributed by atoms with Crippen LogP contribution in [0.3, 0.4) is 0 Å². The van der Waals surface area contributed by atoms with E-state index in [-0.39, 0.29) is 5.69 Å². The summed E-state index contributed by atoms with van der Waals surface area (Å²) in [5, 5.41) is 13.4. The van der Waals surface area contributed by atoms with Gasteiger partial charge in [-0.2, -0.15) is 0 Å². The first-order valence-corrected chi connectivity index (χ1v) is 9.48. The largest absolute Gasteiger partial charge is 0.673 e. The van der Waals surface area contributed by atoms with E-state index in [0.29, 0.717) is 22.1 Å². The van der Waals surface area contributed by atoms with Crippen LogP contribution in [-0.2, 0) is 0 Å². The van der Waals surface area contributed by atoms with Gasteiger partial charge in [0.05, 0.1) is 22.4 Å². The Morgan fingerprint density at radius 1 is 0.906 bits per heavy atom. The molecule has 3 aromatic carbocycles. The van der Waals surface area contributed by atoms with Crippen LogP contribution in [0.15, 0.2) is 83.3 Å². The Kier molecular flexibility index (Phi) is 6.94. The molecule has 1 N–H and O–H groups in total. The lowest BCUT2D eigenvalue weighted by molar-refractivity contribution is -0.405. The number of benzene rings is 3. The Morgan fingerprint density at radius 3 is 2.22 bits per heavy atom. The van der Waals surface area contributed by atoms with Crippen LogP contribution in [-0.4, -0.2) is 12.2 Å². The van der Waals surface area contributed by atoms with E-state index in [4.69, 9.17) is 16.0 Å². The van der Waals surface area contributed by atoms with Crippen LogP contribution in [0.5, 0.6) is 0 Å². The second-order valence-corrected chi connectivity index (χ2v) is 6.89. The highest BCUT2D eigenvalue weighted by molar-refractivity contribution is 6.50. The highest BCUT2D eigenvalue weighted by Crippen LogP contribution is 2.23. The predicted molar refractivity (Wildman–Crippen MR) is 114 cm³/mol. The van der Waals surface area contributed by atoms with E-state index in [2.05, 4.69) is 4.99 Å². The van der Waals surface area contributed by atoms with Gasteiger partial charge in [0.2, 0.25) is 11.0 Å². The third-order valence-corrected chi connectivity index (χ3v) is 4.39. The fourth-order valence-corrected chi connectivity index (χ4v) is 2.97. The average molecular weight is 465 g/mol. The molecule has 0 bridgehead atoms. The number of rotatable bonds is 3. The summed E-state index contributed by atoms with van der Waals surface area (Å²) in [5.74, 6) is 0.665. The molecular formula is C21H14BClF4N2O3. The first kappa shape index (κ1) is 23.0. The summed E-state index contributed by atoms with van der Waals surface area (Å²) in [6.45, 7) is 0. The van der Waals surface area contributed by atoms with Crippen molar-refractivity contribution in [2.75, 3.05) is 0 Å². The summed E-state index contributed by atoms with van der Waals surface area (Å²) >= 11 is 5.98. The summed E-state index contributed by atoms with van der Waals surface area (Å²) in [4.78, 5) is 13.9. The number of hydrogen-bond donors (Lipinski definition) is 1. The van der Waals surface area contributed by atoms with Crippen molar-refractivity contribution in [3.05, 3.63) is 99.4 Å². The molecule has 4 rings (SSSR count). The Bertz CT molecular complexity index is 1320. The van der Waals surface area contributed by atoms with Gasteiger partial charge < -0.3 is 21.7 Å². The molecule has 5 nitrogen and oxygen atoms in total. The Balaban J connectivity index is 0.000000523. The lowest BCUT2D eigenvalue weighted by atomic mass is 10.1. The number of halogens is 5. The van der Waals surface area contributed by atoms with Crippen LogP contribution < -0.4 is 10.3 Å². The number of non-ortho nitro benzene ring substituents is 1. The minimum Gasteiger partial charge on any atom is -0.456 e. The molecule has 0 aliphatic carbocycles. The van der Waals surface area contributed by atoms with Crippen LogP contribution in [0.1, 0.15) is 0 Å². The first-order chi connectivity index (χ1) is 15.1. The molecule has 32 heavy (non-hydrogen) atoms. The zero-order valence-electron chi connectivity index (χ0n) is 16.1. The van der Waals surface area contributed by atoms with E-state index in [1.807, 2.05) is 42.5 Å². The number of hydrogen-bond acceptors (Lipinski definition) is 3. The minimum absolute atomic E-state index is 0.0304. The van der Waals surface area contributed by atoms with Crippen molar-refractivity contribution in [2.45, 2.75) is 0 Å². The summed E-state index contributed by atoms with van der Waals surface area (Å²) < 4.78 is 45.0. The third-order valence-electron chi connectivity index (χ3n) is 4.14. The van der Waals surface area contributed by atoms with Gasteiger partial charge in [0.1, 0.15) is 11.3 Å². The minimum atomic E-state index is -6.00. The zero-order valence-corrected chi connectivity index (χ0v) is 16.9. The van der Waals surface area contributed by atoms with E-state index in [0.717, 1.165) is 16.3 Å². The van der Waals surface area contributed by atoms with Gasteiger partial charge in [-0.25, -0.2) is 4.99 Å². The molecule has 0 saturated heterocycles. The quantitative estimate of drug-likeness (QED) is 0.194. The maximum absolute atomic E-state index is 11.0. The van der Waals surface area contributed by atoms with Gasteiger partial charge in [0.15, 0.2) is 0 Å². The fraction of sp³-hybridized carbons (Fsp3) is 0. The normalized spacial score (nSPS) is 11.7. The van der Waals surface area contributed by atoms with Crippen LogP contribution >= 0.6 is 11.6 Å². The SMILES string of the molecule is F[B-](F)(F)F.O=[N+]([O-])c1cccc([NH+]=c2cc(-c3ccc(Cl)cc3)oc3ccccc23)c1. The lowest BCUT2D eigenvalue weighted by Crippen LogP contribution is -2.70. The average Bonchev–Trinajstić information content (AvgIpc) is 2.73. The van der Waals surface area contributed by atoms with Gasteiger partial charge in [0.25, 0.3) is 5.69 Å². The van der Waals surface area contributed by atoms with Gasteiger partial charge in [-0.1, -0.05) is 23.7 Å². The molecule has 0 spiro atoms. The van der Waals surface area contributed by atoms with Crippen molar-refractivity contribution in [2.24, 2.45) is 0 Å². The van der Waals surface area contributed by atoms with Gasteiger partial charge >= 0.3 is 7.25 Å². The number of fused-ring (bicyclic) bond motifs is 1. The van der Waals surface area contributed by atoms with Gasteiger partial charge in [0, 0.05) is 22.7 Å². The Labute approximate surface area is 183 Å². The monoisotopic (exact) mass is 464 g/mol. The van der Waals surface area contributed by atoms with Crippen molar-refractivity contribution in [3.8, 4) is 11.3 Å². The molecule has 1 aromatic heterocycles. The number of nitrogens with one attached hydrogen (secondary N) is 1. The topological polar surface area (TPSA) is 70.2 Å². The van der Waals surface area contributed by atoms with Crippen molar-refractivity contribution >= 4 is 41.2 Å². The summed E-state index contributed by atoms with van der Waals surface area (Å²) in [7, 11) is -6.00. The van der Waals surface area contributed by atoms with Crippen LogP contribution in [0.25, 0.3) is 22.3 Å². The molecule has 0 amide bonds. The smallest absolute Gasteiger partial charge is 0.456 e. The molecule has 0 aliphatic rings. The maximum Gasteiger partial charge on any atom is 0.673 e. The number of nitrogens with zero attached hydrogens (tertiary/aromatic N) is 1. The standard InChI is InChI=1S/C21H13ClN2O3.BF4/c22-15-10-8-14(9-11-15)21-13-19(18-6-1-2-7-20(18)27-21)23-16-4-3-5-17(12-16)24(25)26;2-1(3,4)5/h1-13H;/q;-1/p+1. The third kappa shape index (κ3) is 6.42. The van der Waals surface area contributed by atoms with Crippen LogP contribution in [0.2, 0.25) is 5.02 Å². The van der Waals surface area contributed by atoms with E-state index in [9.17, 15) is 27.4 Å². The number of nitro benzene ring substituents is 1. The Hall–Kier alpha value is -3.66. The van der Waals surface area contributed by atoms with Gasteiger partial charge in [-0.15, -0.1) is 0 Å². The van der Waals surface area contributed by atoms with Crippen molar-refractivity contribution in [1.82, 2.24) is 0 Å². The molecule has 1 heterocycles. The highest BCUT2D eigenvalue weighted by Gasteiger charge is 2.20. The molecule has 0 atom stereocenters. The fourth-order valence-electron chi connectivity index (χ4n) is 2.85.